The third-order valence-electron chi connectivity index (χ3n) is 3.54. The summed E-state index contributed by atoms with van der Waals surface area (Å²) in [7, 11) is 1.75. The second-order valence-corrected chi connectivity index (χ2v) is 5.33. The number of rotatable bonds is 4. The Kier molecular flexibility index (Phi) is 3.31. The van der Waals surface area contributed by atoms with Crippen LogP contribution in [0.5, 0.6) is 0 Å². The van der Waals surface area contributed by atoms with E-state index >= 15 is 0 Å². The van der Waals surface area contributed by atoms with Crippen LogP contribution in [0.1, 0.15) is 27.8 Å². The molecule has 0 saturated carbocycles. The van der Waals surface area contributed by atoms with E-state index in [1.165, 1.54) is 0 Å². The minimum atomic E-state index is -0.0958. The lowest BCUT2D eigenvalue weighted by molar-refractivity contribution is 0.0988. The molecule has 0 amide bonds. The lowest BCUT2D eigenvalue weighted by Gasteiger charge is -2.26. The summed E-state index contributed by atoms with van der Waals surface area (Å²) < 4.78 is 3.30. The van der Waals surface area contributed by atoms with Gasteiger partial charge in [-0.1, -0.05) is 16.8 Å². The fourth-order valence-electron chi connectivity index (χ4n) is 2.17. The molecule has 0 spiro atoms. The van der Waals surface area contributed by atoms with Gasteiger partial charge in [0.25, 0.3) is 0 Å². The fourth-order valence-corrected chi connectivity index (χ4v) is 2.41. The van der Waals surface area contributed by atoms with Gasteiger partial charge >= 0.3 is 0 Å². The van der Waals surface area contributed by atoms with Crippen LogP contribution < -0.4 is 5.32 Å². The normalized spacial score (nSPS) is 15.3. The van der Waals surface area contributed by atoms with Gasteiger partial charge in [-0.25, -0.2) is 4.68 Å². The molecule has 1 saturated heterocycles. The van der Waals surface area contributed by atoms with E-state index in [1.54, 1.807) is 22.6 Å². The molecular formula is C12H15ClN6O. The van der Waals surface area contributed by atoms with E-state index in [1.807, 2.05) is 6.92 Å². The molecule has 1 aliphatic heterocycles. The molecule has 0 radical (unpaired) electrons. The van der Waals surface area contributed by atoms with Crippen molar-refractivity contribution in [1.29, 1.82) is 0 Å². The molecule has 1 aliphatic rings. The lowest BCUT2D eigenvalue weighted by atomic mass is 10.1. The standard InChI is InChI=1S/C12H15ClN6O/c1-7-9(12(13)18(2)16-7)3-11(20)10-6-19(17-15-10)8-4-14-5-8/h6,8,14H,3-5H2,1-2H3. The van der Waals surface area contributed by atoms with E-state index in [0.717, 1.165) is 24.3 Å². The Morgan fingerprint density at radius 1 is 1.55 bits per heavy atom. The molecule has 106 valence electrons. The van der Waals surface area contributed by atoms with Gasteiger partial charge in [0.15, 0.2) is 5.78 Å². The van der Waals surface area contributed by atoms with Crippen LogP contribution in [0.3, 0.4) is 0 Å². The number of ketones is 1. The van der Waals surface area contributed by atoms with Crippen LogP contribution in [0.4, 0.5) is 0 Å². The van der Waals surface area contributed by atoms with E-state index in [9.17, 15) is 4.79 Å². The first-order valence-electron chi connectivity index (χ1n) is 6.40. The highest BCUT2D eigenvalue weighted by Gasteiger charge is 2.23. The summed E-state index contributed by atoms with van der Waals surface area (Å²) in [4.78, 5) is 12.2. The first-order valence-corrected chi connectivity index (χ1v) is 6.77. The molecule has 3 heterocycles. The highest BCUT2D eigenvalue weighted by atomic mass is 35.5. The third-order valence-corrected chi connectivity index (χ3v) is 4.01. The predicted octanol–water partition coefficient (Wildman–Crippen LogP) is 0.543. The third kappa shape index (κ3) is 2.23. The molecule has 0 aliphatic carbocycles. The number of hydrogen-bond donors (Lipinski definition) is 1. The number of carbonyl (C=O) groups excluding carboxylic acids is 1. The molecule has 0 atom stereocenters. The maximum Gasteiger partial charge on any atom is 0.189 e. The van der Waals surface area contributed by atoms with Crippen molar-refractivity contribution in [2.75, 3.05) is 13.1 Å². The molecule has 20 heavy (non-hydrogen) atoms. The number of Topliss-reactive ketones (excluding diaryl/α,β-unsaturated/α-hetero) is 1. The predicted molar refractivity (Wildman–Crippen MR) is 72.9 cm³/mol. The van der Waals surface area contributed by atoms with E-state index in [0.29, 0.717) is 16.9 Å². The highest BCUT2D eigenvalue weighted by molar-refractivity contribution is 6.30. The average molecular weight is 295 g/mol. The van der Waals surface area contributed by atoms with Crippen LogP contribution in [0.15, 0.2) is 6.20 Å². The molecular weight excluding hydrogens is 280 g/mol. The van der Waals surface area contributed by atoms with E-state index < -0.39 is 0 Å². The van der Waals surface area contributed by atoms with Gasteiger partial charge in [0, 0.05) is 32.1 Å². The van der Waals surface area contributed by atoms with Crippen LogP contribution in [-0.2, 0) is 13.5 Å². The highest BCUT2D eigenvalue weighted by Crippen LogP contribution is 2.20. The largest absolute Gasteiger partial charge is 0.312 e. The average Bonchev–Trinajstić information content (AvgIpc) is 2.89. The SMILES string of the molecule is Cc1nn(C)c(Cl)c1CC(=O)c1cn(C2CNC2)nn1. The second-order valence-electron chi connectivity index (χ2n) is 4.97. The van der Waals surface area contributed by atoms with Gasteiger partial charge in [0.2, 0.25) is 0 Å². The van der Waals surface area contributed by atoms with Crippen molar-refractivity contribution in [2.24, 2.45) is 7.05 Å². The van der Waals surface area contributed by atoms with Crippen LogP contribution in [0.25, 0.3) is 0 Å². The quantitative estimate of drug-likeness (QED) is 0.833. The molecule has 8 heteroatoms. The van der Waals surface area contributed by atoms with Crippen molar-refractivity contribution >= 4 is 17.4 Å². The van der Waals surface area contributed by atoms with Crippen molar-refractivity contribution < 1.29 is 4.79 Å². The van der Waals surface area contributed by atoms with Crippen molar-refractivity contribution in [2.45, 2.75) is 19.4 Å². The molecule has 0 bridgehead atoms. The summed E-state index contributed by atoms with van der Waals surface area (Å²) in [6.07, 6.45) is 1.90. The number of nitrogens with zero attached hydrogens (tertiary/aromatic N) is 5. The van der Waals surface area contributed by atoms with E-state index in [2.05, 4.69) is 20.7 Å². The fraction of sp³-hybridized carbons (Fsp3) is 0.500. The molecule has 2 aromatic heterocycles. The minimum Gasteiger partial charge on any atom is -0.312 e. The van der Waals surface area contributed by atoms with E-state index in [4.69, 9.17) is 11.6 Å². The van der Waals surface area contributed by atoms with Gasteiger partial charge in [-0.2, -0.15) is 5.10 Å². The van der Waals surface area contributed by atoms with Crippen molar-refractivity contribution in [3.63, 3.8) is 0 Å². The number of aromatic nitrogens is 5. The summed E-state index contributed by atoms with van der Waals surface area (Å²) in [5, 5.41) is 15.8. The molecule has 1 N–H and O–H groups in total. The molecule has 2 aromatic rings. The number of carbonyl (C=O) groups is 1. The van der Waals surface area contributed by atoms with Crippen LogP contribution in [0.2, 0.25) is 5.15 Å². The molecule has 0 unspecified atom stereocenters. The molecule has 3 rings (SSSR count). The number of nitrogens with one attached hydrogen (secondary N) is 1. The number of halogens is 1. The van der Waals surface area contributed by atoms with Gasteiger partial charge in [0.1, 0.15) is 10.8 Å². The zero-order chi connectivity index (χ0) is 14.3. The summed E-state index contributed by atoms with van der Waals surface area (Å²) >= 11 is 6.13. The summed E-state index contributed by atoms with van der Waals surface area (Å²) in [5.41, 5.74) is 1.89. The zero-order valence-corrected chi connectivity index (χ0v) is 12.1. The van der Waals surface area contributed by atoms with Gasteiger partial charge in [-0.15, -0.1) is 5.10 Å². The smallest absolute Gasteiger partial charge is 0.189 e. The Morgan fingerprint density at radius 2 is 2.30 bits per heavy atom. The second kappa shape index (κ2) is 4.99. The molecule has 1 fully saturated rings. The van der Waals surface area contributed by atoms with Crippen LogP contribution in [0, 0.1) is 6.92 Å². The lowest BCUT2D eigenvalue weighted by Crippen LogP contribution is -2.43. The van der Waals surface area contributed by atoms with Gasteiger partial charge in [0.05, 0.1) is 17.9 Å². The minimum absolute atomic E-state index is 0.0958. The first kappa shape index (κ1) is 13.3. The maximum absolute atomic E-state index is 12.2. The molecule has 7 nitrogen and oxygen atoms in total. The van der Waals surface area contributed by atoms with Crippen molar-refractivity contribution in [3.05, 3.63) is 28.3 Å². The molecule has 0 aromatic carbocycles. The topological polar surface area (TPSA) is 77.6 Å². The summed E-state index contributed by atoms with van der Waals surface area (Å²) in [5.74, 6) is -0.0958. The summed E-state index contributed by atoms with van der Waals surface area (Å²) in [6, 6.07) is 0.299. The maximum atomic E-state index is 12.2. The monoisotopic (exact) mass is 294 g/mol. The first-order chi connectivity index (χ1) is 9.56. The van der Waals surface area contributed by atoms with Gasteiger partial charge in [-0.3, -0.25) is 9.48 Å². The Hall–Kier alpha value is -1.73. The number of aryl methyl sites for hydroxylation is 2. The van der Waals surface area contributed by atoms with E-state index in [-0.39, 0.29) is 12.2 Å². The number of hydrogen-bond acceptors (Lipinski definition) is 5. The summed E-state index contributed by atoms with van der Waals surface area (Å²) in [6.45, 7) is 3.57. The Balaban J connectivity index is 1.77. The van der Waals surface area contributed by atoms with Crippen LogP contribution in [-0.4, -0.2) is 43.6 Å². The van der Waals surface area contributed by atoms with Crippen LogP contribution >= 0.6 is 11.6 Å². The Morgan fingerprint density at radius 3 is 2.85 bits per heavy atom. The van der Waals surface area contributed by atoms with Gasteiger partial charge < -0.3 is 5.32 Å². The Labute approximate surface area is 120 Å². The van der Waals surface area contributed by atoms with Gasteiger partial charge in [-0.05, 0) is 6.92 Å². The Bertz CT molecular complexity index is 657. The van der Waals surface area contributed by atoms with Crippen molar-refractivity contribution in [1.82, 2.24) is 30.1 Å². The van der Waals surface area contributed by atoms with Crippen molar-refractivity contribution in [3.8, 4) is 0 Å². The zero-order valence-electron chi connectivity index (χ0n) is 11.3.